The van der Waals surface area contributed by atoms with Crippen LogP contribution >= 0.6 is 0 Å². The molecule has 3 nitrogen and oxygen atoms in total. The number of nitrogens with one attached hydrogen (secondary N) is 1. The van der Waals surface area contributed by atoms with Gasteiger partial charge in [-0.3, -0.25) is 4.68 Å². The first-order chi connectivity index (χ1) is 8.60. The number of nitrogens with zero attached hydrogens (tertiary/aromatic N) is 2. The predicted molar refractivity (Wildman–Crippen MR) is 65.1 cm³/mol. The van der Waals surface area contributed by atoms with Gasteiger partial charge >= 0.3 is 0 Å². The van der Waals surface area contributed by atoms with Crippen molar-refractivity contribution >= 4 is 0 Å². The summed E-state index contributed by atoms with van der Waals surface area (Å²) in [6.07, 6.45) is 2.18. The minimum atomic E-state index is -0.428. The highest BCUT2D eigenvalue weighted by molar-refractivity contribution is 5.21. The monoisotopic (exact) mass is 251 g/mol. The first kappa shape index (κ1) is 12.7. The van der Waals surface area contributed by atoms with Crippen LogP contribution in [0, 0.1) is 11.6 Å². The van der Waals surface area contributed by atoms with E-state index in [1.54, 1.807) is 11.7 Å². The van der Waals surface area contributed by atoms with Crippen molar-refractivity contribution in [1.29, 1.82) is 0 Å². The average molecular weight is 251 g/mol. The molecular formula is C13H15F2N3. The van der Waals surface area contributed by atoms with Gasteiger partial charge in [-0.1, -0.05) is 0 Å². The number of rotatable bonds is 4. The van der Waals surface area contributed by atoms with Gasteiger partial charge in [0.25, 0.3) is 0 Å². The number of halogens is 2. The van der Waals surface area contributed by atoms with Crippen molar-refractivity contribution in [2.75, 3.05) is 7.05 Å². The summed E-state index contributed by atoms with van der Waals surface area (Å²) >= 11 is 0. The minimum Gasteiger partial charge on any atom is -0.311 e. The van der Waals surface area contributed by atoms with E-state index < -0.39 is 11.6 Å². The lowest BCUT2D eigenvalue weighted by Crippen LogP contribution is -2.20. The molecule has 1 atom stereocenters. The van der Waals surface area contributed by atoms with E-state index in [-0.39, 0.29) is 6.04 Å². The predicted octanol–water partition coefficient (Wildman–Crippen LogP) is 2.20. The molecule has 0 aliphatic carbocycles. The van der Waals surface area contributed by atoms with Crippen LogP contribution in [-0.4, -0.2) is 16.8 Å². The van der Waals surface area contributed by atoms with E-state index in [1.807, 2.05) is 19.3 Å². The van der Waals surface area contributed by atoms with Crippen molar-refractivity contribution in [2.45, 2.75) is 12.5 Å². The van der Waals surface area contributed by atoms with Crippen LogP contribution in [0.5, 0.6) is 0 Å². The molecule has 0 amide bonds. The Morgan fingerprint density at radius 2 is 2.11 bits per heavy atom. The molecule has 2 aromatic rings. The molecule has 0 fully saturated rings. The van der Waals surface area contributed by atoms with Gasteiger partial charge in [-0.2, -0.15) is 5.10 Å². The average Bonchev–Trinajstić information content (AvgIpc) is 2.77. The highest BCUT2D eigenvalue weighted by Crippen LogP contribution is 2.19. The summed E-state index contributed by atoms with van der Waals surface area (Å²) in [6.45, 7) is 0. The smallest absolute Gasteiger partial charge is 0.126 e. The third-order valence-corrected chi connectivity index (χ3v) is 2.87. The van der Waals surface area contributed by atoms with Crippen LogP contribution in [0.4, 0.5) is 8.78 Å². The lowest BCUT2D eigenvalue weighted by Gasteiger charge is -2.14. The van der Waals surface area contributed by atoms with Crippen LogP contribution in [0.1, 0.15) is 17.3 Å². The summed E-state index contributed by atoms with van der Waals surface area (Å²) in [5, 5.41) is 7.33. The fourth-order valence-corrected chi connectivity index (χ4v) is 1.89. The zero-order valence-corrected chi connectivity index (χ0v) is 10.3. The SMILES string of the molecule is CNC(Cc1cc(F)ccc1F)c1ccn(C)n1. The molecule has 1 unspecified atom stereocenters. The van der Waals surface area contributed by atoms with Crippen LogP contribution in [0.15, 0.2) is 30.5 Å². The van der Waals surface area contributed by atoms with E-state index in [4.69, 9.17) is 0 Å². The zero-order chi connectivity index (χ0) is 13.1. The number of aromatic nitrogens is 2. The molecule has 0 radical (unpaired) electrons. The van der Waals surface area contributed by atoms with Gasteiger partial charge in [0.15, 0.2) is 0 Å². The van der Waals surface area contributed by atoms with Crippen LogP contribution in [0.2, 0.25) is 0 Å². The number of aryl methyl sites for hydroxylation is 1. The number of benzene rings is 1. The third-order valence-electron chi connectivity index (χ3n) is 2.87. The summed E-state index contributed by atoms with van der Waals surface area (Å²) in [6, 6.07) is 5.22. The van der Waals surface area contributed by atoms with Crippen molar-refractivity contribution in [2.24, 2.45) is 7.05 Å². The summed E-state index contributed by atoms with van der Waals surface area (Å²) in [7, 11) is 3.59. The standard InChI is InChI=1S/C13H15F2N3/c1-16-13(12-5-6-18(2)17-12)8-9-7-10(14)3-4-11(9)15/h3-7,13,16H,8H2,1-2H3. The largest absolute Gasteiger partial charge is 0.311 e. The summed E-state index contributed by atoms with van der Waals surface area (Å²) in [5.74, 6) is -0.824. The maximum absolute atomic E-state index is 13.6. The van der Waals surface area contributed by atoms with Crippen molar-refractivity contribution < 1.29 is 8.78 Å². The molecule has 0 saturated heterocycles. The van der Waals surface area contributed by atoms with Crippen LogP contribution < -0.4 is 5.32 Å². The first-order valence-electron chi connectivity index (χ1n) is 5.71. The molecule has 18 heavy (non-hydrogen) atoms. The third kappa shape index (κ3) is 2.73. The first-order valence-corrected chi connectivity index (χ1v) is 5.71. The number of hydrogen-bond donors (Lipinski definition) is 1. The molecule has 0 aliphatic heterocycles. The highest BCUT2D eigenvalue weighted by Gasteiger charge is 2.15. The van der Waals surface area contributed by atoms with Gasteiger partial charge in [0.2, 0.25) is 0 Å². The second-order valence-corrected chi connectivity index (χ2v) is 4.20. The topological polar surface area (TPSA) is 29.9 Å². The Kier molecular flexibility index (Phi) is 3.72. The lowest BCUT2D eigenvalue weighted by atomic mass is 10.0. The molecule has 1 aromatic carbocycles. The quantitative estimate of drug-likeness (QED) is 0.902. The Morgan fingerprint density at radius 3 is 2.72 bits per heavy atom. The van der Waals surface area contributed by atoms with E-state index in [0.717, 1.165) is 17.8 Å². The van der Waals surface area contributed by atoms with Crippen LogP contribution in [0.25, 0.3) is 0 Å². The number of likely N-dealkylation sites (N-methyl/N-ethyl adjacent to an activating group) is 1. The van der Waals surface area contributed by atoms with E-state index in [1.165, 1.54) is 6.07 Å². The molecule has 96 valence electrons. The van der Waals surface area contributed by atoms with Gasteiger partial charge in [-0.05, 0) is 43.3 Å². The summed E-state index contributed by atoms with van der Waals surface area (Å²) in [4.78, 5) is 0. The molecule has 1 heterocycles. The van der Waals surface area contributed by atoms with Crippen LogP contribution in [-0.2, 0) is 13.5 Å². The van der Waals surface area contributed by atoms with Gasteiger partial charge in [0, 0.05) is 13.2 Å². The van der Waals surface area contributed by atoms with Crippen molar-refractivity contribution in [1.82, 2.24) is 15.1 Å². The van der Waals surface area contributed by atoms with Gasteiger partial charge < -0.3 is 5.32 Å². The number of hydrogen-bond acceptors (Lipinski definition) is 2. The van der Waals surface area contributed by atoms with E-state index in [9.17, 15) is 8.78 Å². The molecule has 0 spiro atoms. The Morgan fingerprint density at radius 1 is 1.33 bits per heavy atom. The maximum atomic E-state index is 13.6. The van der Waals surface area contributed by atoms with Crippen molar-refractivity contribution in [3.8, 4) is 0 Å². The van der Waals surface area contributed by atoms with E-state index in [2.05, 4.69) is 10.4 Å². The summed E-state index contributed by atoms with van der Waals surface area (Å²) in [5.41, 5.74) is 1.16. The van der Waals surface area contributed by atoms with Gasteiger partial charge in [-0.15, -0.1) is 0 Å². The Hall–Kier alpha value is -1.75. The van der Waals surface area contributed by atoms with Crippen LogP contribution in [0.3, 0.4) is 0 Å². The molecule has 2 rings (SSSR count). The fourth-order valence-electron chi connectivity index (χ4n) is 1.89. The molecule has 1 N–H and O–H groups in total. The minimum absolute atomic E-state index is 0.137. The lowest BCUT2D eigenvalue weighted by molar-refractivity contribution is 0.530. The molecule has 0 aliphatic rings. The van der Waals surface area contributed by atoms with Gasteiger partial charge in [0.1, 0.15) is 11.6 Å². The normalized spacial score (nSPS) is 12.7. The second-order valence-electron chi connectivity index (χ2n) is 4.20. The Balaban J connectivity index is 2.22. The summed E-state index contributed by atoms with van der Waals surface area (Å²) < 4.78 is 28.4. The van der Waals surface area contributed by atoms with Gasteiger partial charge in [-0.25, -0.2) is 8.78 Å². The Bertz CT molecular complexity index is 537. The van der Waals surface area contributed by atoms with E-state index in [0.29, 0.717) is 12.0 Å². The molecule has 5 heteroatoms. The molecular weight excluding hydrogens is 236 g/mol. The molecule has 0 bridgehead atoms. The Labute approximate surface area is 104 Å². The molecule has 1 aromatic heterocycles. The maximum Gasteiger partial charge on any atom is 0.126 e. The second kappa shape index (κ2) is 5.27. The van der Waals surface area contributed by atoms with Crippen molar-refractivity contribution in [3.63, 3.8) is 0 Å². The molecule has 0 saturated carbocycles. The van der Waals surface area contributed by atoms with Gasteiger partial charge in [0.05, 0.1) is 11.7 Å². The highest BCUT2D eigenvalue weighted by atomic mass is 19.1. The zero-order valence-electron chi connectivity index (χ0n) is 10.3. The van der Waals surface area contributed by atoms with Crippen molar-refractivity contribution in [3.05, 3.63) is 53.4 Å². The van der Waals surface area contributed by atoms with E-state index >= 15 is 0 Å². The fraction of sp³-hybridized carbons (Fsp3) is 0.308.